The zero-order valence-corrected chi connectivity index (χ0v) is 12.7. The van der Waals surface area contributed by atoms with Crippen molar-refractivity contribution in [2.45, 2.75) is 6.61 Å². The Labute approximate surface area is 138 Å². The summed E-state index contributed by atoms with van der Waals surface area (Å²) in [5.74, 6) is -1.71. The van der Waals surface area contributed by atoms with E-state index in [0.29, 0.717) is 16.8 Å². The highest BCUT2D eigenvalue weighted by atomic mass is 16.5. The van der Waals surface area contributed by atoms with E-state index in [1.54, 1.807) is 12.1 Å². The summed E-state index contributed by atoms with van der Waals surface area (Å²) < 4.78 is 4.91. The molecule has 0 aliphatic heterocycles. The number of nitrogens with two attached hydrogens (primary N) is 1. The van der Waals surface area contributed by atoms with E-state index in [1.807, 2.05) is 0 Å². The van der Waals surface area contributed by atoms with Crippen LogP contribution in [0, 0.1) is 0 Å². The monoisotopic (exact) mass is 328 g/mol. The lowest BCUT2D eigenvalue weighted by molar-refractivity contribution is -0.119. The van der Waals surface area contributed by atoms with Gasteiger partial charge in [-0.05, 0) is 42.0 Å². The Bertz CT molecular complexity index is 739. The zero-order chi connectivity index (χ0) is 17.5. The topological polar surface area (TPSA) is 119 Å². The van der Waals surface area contributed by atoms with E-state index >= 15 is 0 Å². The molecular formula is C17H16N2O5. The van der Waals surface area contributed by atoms with Crippen molar-refractivity contribution in [2.24, 2.45) is 5.73 Å². The molecule has 124 valence electrons. The lowest BCUT2D eigenvalue weighted by Crippen LogP contribution is -2.21. The summed E-state index contributed by atoms with van der Waals surface area (Å²) in [4.78, 5) is 34.5. The normalized spacial score (nSPS) is 10.0. The highest BCUT2D eigenvalue weighted by Crippen LogP contribution is 2.09. The van der Waals surface area contributed by atoms with Crippen LogP contribution in [-0.2, 0) is 16.1 Å². The summed E-state index contributed by atoms with van der Waals surface area (Å²) in [6, 6.07) is 12.2. The van der Waals surface area contributed by atoms with Crippen LogP contribution in [0.3, 0.4) is 0 Å². The van der Waals surface area contributed by atoms with Crippen molar-refractivity contribution >= 4 is 23.5 Å². The van der Waals surface area contributed by atoms with Gasteiger partial charge in [0.1, 0.15) is 0 Å². The zero-order valence-electron chi connectivity index (χ0n) is 12.7. The average molecular weight is 328 g/mol. The van der Waals surface area contributed by atoms with Crippen LogP contribution in [0.1, 0.15) is 26.3 Å². The van der Waals surface area contributed by atoms with Gasteiger partial charge in [-0.2, -0.15) is 0 Å². The third kappa shape index (κ3) is 4.65. The van der Waals surface area contributed by atoms with Crippen LogP contribution in [0.2, 0.25) is 0 Å². The molecule has 2 aromatic rings. The first kappa shape index (κ1) is 17.2. The average Bonchev–Trinajstić information content (AvgIpc) is 2.60. The van der Waals surface area contributed by atoms with Gasteiger partial charge in [0.15, 0.2) is 6.61 Å². The molecule has 0 bridgehead atoms. The maximum Gasteiger partial charge on any atom is 0.338 e. The number of primary amides is 1. The van der Waals surface area contributed by atoms with Crippen LogP contribution in [-0.4, -0.2) is 29.5 Å². The smallest absolute Gasteiger partial charge is 0.338 e. The lowest BCUT2D eigenvalue weighted by atomic mass is 10.1. The highest BCUT2D eigenvalue weighted by molar-refractivity contribution is 5.96. The van der Waals surface area contributed by atoms with Crippen molar-refractivity contribution in [2.75, 3.05) is 11.9 Å². The van der Waals surface area contributed by atoms with Gasteiger partial charge in [0.05, 0.1) is 12.2 Å². The highest BCUT2D eigenvalue weighted by Gasteiger charge is 2.10. The molecular weight excluding hydrogens is 312 g/mol. The summed E-state index contributed by atoms with van der Waals surface area (Å²) >= 11 is 0. The van der Waals surface area contributed by atoms with E-state index in [-0.39, 0.29) is 12.2 Å². The first-order valence-electron chi connectivity index (χ1n) is 7.06. The number of hydrogen-bond donors (Lipinski definition) is 3. The van der Waals surface area contributed by atoms with Crippen molar-refractivity contribution in [3.63, 3.8) is 0 Å². The molecule has 0 atom stereocenters. The van der Waals surface area contributed by atoms with Crippen molar-refractivity contribution in [3.05, 3.63) is 65.2 Å². The molecule has 2 rings (SSSR count). The number of amides is 2. The molecule has 0 aliphatic carbocycles. The fraction of sp³-hybridized carbons (Fsp3) is 0.118. The van der Waals surface area contributed by atoms with Gasteiger partial charge in [-0.3, -0.25) is 9.59 Å². The molecule has 2 aromatic carbocycles. The van der Waals surface area contributed by atoms with Crippen LogP contribution in [0.15, 0.2) is 48.5 Å². The van der Waals surface area contributed by atoms with Crippen molar-refractivity contribution in [3.8, 4) is 0 Å². The summed E-state index contributed by atoms with van der Waals surface area (Å²) in [7, 11) is 0. The predicted octanol–water partition coefficient (Wildman–Crippen LogP) is 1.07. The minimum atomic E-state index is -0.640. The number of benzene rings is 2. The molecule has 0 aliphatic rings. The predicted molar refractivity (Wildman–Crippen MR) is 86.2 cm³/mol. The SMILES string of the molecule is NC(=O)c1ccc(NC(=O)COC(=O)c2ccc(CO)cc2)cc1. The molecule has 0 saturated heterocycles. The minimum absolute atomic E-state index is 0.119. The van der Waals surface area contributed by atoms with E-state index in [1.165, 1.54) is 36.4 Å². The Hall–Kier alpha value is -3.19. The third-order valence-corrected chi connectivity index (χ3v) is 3.16. The van der Waals surface area contributed by atoms with E-state index < -0.39 is 24.4 Å². The fourth-order valence-corrected chi connectivity index (χ4v) is 1.88. The van der Waals surface area contributed by atoms with Crippen molar-refractivity contribution in [1.82, 2.24) is 0 Å². The molecule has 0 aromatic heterocycles. The molecule has 0 heterocycles. The fourth-order valence-electron chi connectivity index (χ4n) is 1.88. The molecule has 0 spiro atoms. The van der Waals surface area contributed by atoms with Crippen molar-refractivity contribution in [1.29, 1.82) is 0 Å². The Kier molecular flexibility index (Phi) is 5.64. The van der Waals surface area contributed by atoms with Gasteiger partial charge in [-0.25, -0.2) is 4.79 Å². The lowest BCUT2D eigenvalue weighted by Gasteiger charge is -2.07. The van der Waals surface area contributed by atoms with Gasteiger partial charge in [0, 0.05) is 11.3 Å². The minimum Gasteiger partial charge on any atom is -0.452 e. The summed E-state index contributed by atoms with van der Waals surface area (Å²) in [5, 5.41) is 11.5. The van der Waals surface area contributed by atoms with E-state index in [0.717, 1.165) is 0 Å². The number of aliphatic hydroxyl groups excluding tert-OH is 1. The summed E-state index contributed by atoms with van der Waals surface area (Å²) in [6.45, 7) is -0.565. The van der Waals surface area contributed by atoms with E-state index in [9.17, 15) is 14.4 Å². The van der Waals surface area contributed by atoms with E-state index in [2.05, 4.69) is 5.32 Å². The van der Waals surface area contributed by atoms with Crippen LogP contribution in [0.5, 0.6) is 0 Å². The third-order valence-electron chi connectivity index (χ3n) is 3.16. The number of esters is 1. The largest absolute Gasteiger partial charge is 0.452 e. The van der Waals surface area contributed by atoms with E-state index in [4.69, 9.17) is 15.6 Å². The van der Waals surface area contributed by atoms with Crippen LogP contribution < -0.4 is 11.1 Å². The second-order valence-corrected chi connectivity index (χ2v) is 4.92. The Morgan fingerprint density at radius 2 is 1.54 bits per heavy atom. The van der Waals surface area contributed by atoms with Gasteiger partial charge >= 0.3 is 5.97 Å². The number of ether oxygens (including phenoxy) is 1. The molecule has 4 N–H and O–H groups in total. The first-order chi connectivity index (χ1) is 11.5. The maximum absolute atomic E-state index is 11.8. The second kappa shape index (κ2) is 7.89. The second-order valence-electron chi connectivity index (χ2n) is 4.92. The number of carbonyl (C=O) groups is 3. The summed E-state index contributed by atoms with van der Waals surface area (Å²) in [5.41, 5.74) is 6.85. The van der Waals surface area contributed by atoms with Crippen LogP contribution in [0.4, 0.5) is 5.69 Å². The Morgan fingerprint density at radius 1 is 0.958 bits per heavy atom. The molecule has 7 heteroatoms. The van der Waals surface area contributed by atoms with Gasteiger partial charge in [-0.15, -0.1) is 0 Å². The quantitative estimate of drug-likeness (QED) is 0.685. The molecule has 0 saturated carbocycles. The number of anilines is 1. The molecule has 24 heavy (non-hydrogen) atoms. The number of nitrogens with one attached hydrogen (secondary N) is 1. The number of rotatable bonds is 6. The van der Waals surface area contributed by atoms with Crippen molar-refractivity contribution < 1.29 is 24.2 Å². The van der Waals surface area contributed by atoms with Gasteiger partial charge in [0.2, 0.25) is 5.91 Å². The van der Waals surface area contributed by atoms with Gasteiger partial charge in [-0.1, -0.05) is 12.1 Å². The molecule has 0 fully saturated rings. The number of hydrogen-bond acceptors (Lipinski definition) is 5. The maximum atomic E-state index is 11.8. The molecule has 0 unspecified atom stereocenters. The van der Waals surface area contributed by atoms with Gasteiger partial charge < -0.3 is 20.9 Å². The first-order valence-corrected chi connectivity index (χ1v) is 7.06. The molecule has 2 amide bonds. The molecule has 7 nitrogen and oxygen atoms in total. The number of carbonyl (C=O) groups excluding carboxylic acids is 3. The van der Waals surface area contributed by atoms with Crippen LogP contribution >= 0.6 is 0 Å². The van der Waals surface area contributed by atoms with Crippen LogP contribution in [0.25, 0.3) is 0 Å². The summed E-state index contributed by atoms with van der Waals surface area (Å²) in [6.07, 6.45) is 0. The number of aliphatic hydroxyl groups is 1. The molecule has 0 radical (unpaired) electrons. The van der Waals surface area contributed by atoms with Gasteiger partial charge in [0.25, 0.3) is 5.91 Å². The Balaban J connectivity index is 1.85. The standard InChI is InChI=1S/C17H16N2O5/c18-16(22)12-5-7-14(8-6-12)19-15(21)10-24-17(23)13-3-1-11(9-20)2-4-13/h1-8,20H,9-10H2,(H2,18,22)(H,19,21). The Morgan fingerprint density at radius 3 is 2.08 bits per heavy atom.